The third-order valence-electron chi connectivity index (χ3n) is 4.38. The molecule has 0 saturated carbocycles. The van der Waals surface area contributed by atoms with Crippen molar-refractivity contribution in [3.63, 3.8) is 0 Å². The van der Waals surface area contributed by atoms with Crippen LogP contribution in [-0.4, -0.2) is 23.6 Å². The molecule has 27 heavy (non-hydrogen) atoms. The Labute approximate surface area is 160 Å². The Morgan fingerprint density at radius 2 is 1.78 bits per heavy atom. The maximum absolute atomic E-state index is 5.40. The molecular formula is C22H26N4O. The Morgan fingerprint density at radius 3 is 2.59 bits per heavy atom. The fourth-order valence-electron chi connectivity index (χ4n) is 2.99. The van der Waals surface area contributed by atoms with Gasteiger partial charge in [0.15, 0.2) is 0 Å². The van der Waals surface area contributed by atoms with Crippen LogP contribution in [0.4, 0.5) is 17.5 Å². The summed E-state index contributed by atoms with van der Waals surface area (Å²) in [5.41, 5.74) is 3.46. The maximum atomic E-state index is 5.40. The summed E-state index contributed by atoms with van der Waals surface area (Å²) in [7, 11) is 1.70. The summed E-state index contributed by atoms with van der Waals surface area (Å²) in [5.74, 6) is 2.72. The first-order valence-electron chi connectivity index (χ1n) is 9.22. The molecule has 1 heterocycles. The van der Waals surface area contributed by atoms with E-state index in [0.29, 0.717) is 11.9 Å². The number of hydrogen-bond donors (Lipinski definition) is 2. The van der Waals surface area contributed by atoms with Crippen LogP contribution in [-0.2, 0) is 6.42 Å². The van der Waals surface area contributed by atoms with Crippen LogP contribution in [0.2, 0.25) is 0 Å². The third kappa shape index (κ3) is 4.97. The van der Waals surface area contributed by atoms with E-state index in [9.17, 15) is 0 Å². The highest BCUT2D eigenvalue weighted by molar-refractivity contribution is 5.60. The summed E-state index contributed by atoms with van der Waals surface area (Å²) in [6, 6.07) is 18.2. The van der Waals surface area contributed by atoms with E-state index < -0.39 is 0 Å². The number of hydrogen-bond acceptors (Lipinski definition) is 5. The highest BCUT2D eigenvalue weighted by Gasteiger charge is 2.08. The number of nitrogens with one attached hydrogen (secondary N) is 2. The summed E-state index contributed by atoms with van der Waals surface area (Å²) in [5, 5.41) is 6.70. The van der Waals surface area contributed by atoms with Crippen LogP contribution in [0.15, 0.2) is 60.8 Å². The molecular weight excluding hydrogens is 336 g/mol. The molecule has 0 atom stereocenters. The minimum Gasteiger partial charge on any atom is -0.496 e. The minimum absolute atomic E-state index is 0.427. The van der Waals surface area contributed by atoms with E-state index in [2.05, 4.69) is 58.7 Å². The quantitative estimate of drug-likeness (QED) is 0.590. The zero-order valence-electron chi connectivity index (χ0n) is 16.1. The molecule has 0 unspecified atom stereocenters. The monoisotopic (exact) mass is 362 g/mol. The molecule has 2 aromatic carbocycles. The average Bonchev–Trinajstić information content (AvgIpc) is 2.69. The molecule has 5 nitrogen and oxygen atoms in total. The molecule has 0 amide bonds. The molecule has 0 aliphatic carbocycles. The number of ether oxygens (including phenoxy) is 1. The second-order valence-corrected chi connectivity index (χ2v) is 6.62. The van der Waals surface area contributed by atoms with Gasteiger partial charge < -0.3 is 15.4 Å². The van der Waals surface area contributed by atoms with Crippen LogP contribution in [0.3, 0.4) is 0 Å². The van der Waals surface area contributed by atoms with E-state index in [0.717, 1.165) is 30.2 Å². The first kappa shape index (κ1) is 18.7. The lowest BCUT2D eigenvalue weighted by Crippen LogP contribution is -2.09. The Balaban J connectivity index is 1.64. The molecule has 5 heteroatoms. The number of aromatic nitrogens is 2. The molecule has 0 aliphatic heterocycles. The number of para-hydroxylation sites is 2. The number of benzene rings is 2. The van der Waals surface area contributed by atoms with Crippen molar-refractivity contribution in [3.05, 3.63) is 71.9 Å². The van der Waals surface area contributed by atoms with Crippen LogP contribution in [0, 0.1) is 0 Å². The minimum atomic E-state index is 0.427. The molecule has 0 bridgehead atoms. The summed E-state index contributed by atoms with van der Waals surface area (Å²) >= 11 is 0. The van der Waals surface area contributed by atoms with Crippen molar-refractivity contribution in [1.82, 2.24) is 9.97 Å². The van der Waals surface area contributed by atoms with Gasteiger partial charge in [0.05, 0.1) is 7.11 Å². The van der Waals surface area contributed by atoms with Gasteiger partial charge in [-0.25, -0.2) is 4.98 Å². The Hall–Kier alpha value is -3.08. The van der Waals surface area contributed by atoms with Gasteiger partial charge in [-0.2, -0.15) is 4.98 Å². The lowest BCUT2D eigenvalue weighted by Gasteiger charge is -2.14. The molecule has 0 radical (unpaired) electrons. The van der Waals surface area contributed by atoms with Crippen molar-refractivity contribution in [2.45, 2.75) is 26.2 Å². The lowest BCUT2D eigenvalue weighted by molar-refractivity contribution is 0.410. The maximum Gasteiger partial charge on any atom is 0.229 e. The molecule has 140 valence electrons. The zero-order valence-corrected chi connectivity index (χ0v) is 16.1. The molecule has 3 aromatic rings. The summed E-state index contributed by atoms with van der Waals surface area (Å²) in [6.45, 7) is 5.12. The Kier molecular flexibility index (Phi) is 6.26. The van der Waals surface area contributed by atoms with Gasteiger partial charge in [0.2, 0.25) is 5.95 Å². The van der Waals surface area contributed by atoms with Crippen molar-refractivity contribution < 1.29 is 4.74 Å². The highest BCUT2D eigenvalue weighted by Crippen LogP contribution is 2.26. The van der Waals surface area contributed by atoms with Gasteiger partial charge >= 0.3 is 0 Å². The second-order valence-electron chi connectivity index (χ2n) is 6.62. The predicted octanol–water partition coefficient (Wildman–Crippen LogP) is 5.01. The highest BCUT2D eigenvalue weighted by atomic mass is 16.5. The van der Waals surface area contributed by atoms with Crippen molar-refractivity contribution in [1.29, 1.82) is 0 Å². The Bertz CT molecular complexity index is 879. The average molecular weight is 362 g/mol. The van der Waals surface area contributed by atoms with Gasteiger partial charge in [-0.15, -0.1) is 0 Å². The number of nitrogens with zero attached hydrogens (tertiary/aromatic N) is 2. The van der Waals surface area contributed by atoms with Crippen molar-refractivity contribution >= 4 is 17.5 Å². The van der Waals surface area contributed by atoms with Crippen molar-refractivity contribution in [2.75, 3.05) is 24.3 Å². The SMILES string of the molecule is COc1ccccc1CCNc1ccnc(Nc2ccccc2C(C)C)n1. The van der Waals surface area contributed by atoms with E-state index in [1.54, 1.807) is 13.3 Å². The first-order valence-corrected chi connectivity index (χ1v) is 9.22. The van der Waals surface area contributed by atoms with Crippen molar-refractivity contribution in [2.24, 2.45) is 0 Å². The molecule has 0 saturated heterocycles. The van der Waals surface area contributed by atoms with E-state index in [1.165, 1.54) is 11.1 Å². The normalized spacial score (nSPS) is 10.7. The number of anilines is 3. The fraction of sp³-hybridized carbons (Fsp3) is 0.273. The van der Waals surface area contributed by atoms with Crippen molar-refractivity contribution in [3.8, 4) is 5.75 Å². The van der Waals surface area contributed by atoms with Crippen LogP contribution in [0.25, 0.3) is 0 Å². The van der Waals surface area contributed by atoms with Crippen LogP contribution < -0.4 is 15.4 Å². The summed E-state index contributed by atoms with van der Waals surface area (Å²) < 4.78 is 5.40. The van der Waals surface area contributed by atoms with E-state index in [-0.39, 0.29) is 0 Å². The topological polar surface area (TPSA) is 59.1 Å². The van der Waals surface area contributed by atoms with E-state index in [1.807, 2.05) is 30.3 Å². The molecule has 3 rings (SSSR count). The van der Waals surface area contributed by atoms with Crippen LogP contribution >= 0.6 is 0 Å². The van der Waals surface area contributed by atoms with E-state index >= 15 is 0 Å². The predicted molar refractivity (Wildman–Crippen MR) is 111 cm³/mol. The fourth-order valence-corrected chi connectivity index (χ4v) is 2.99. The Morgan fingerprint density at radius 1 is 1.00 bits per heavy atom. The van der Waals surface area contributed by atoms with Gasteiger partial charge in [0.25, 0.3) is 0 Å². The van der Waals surface area contributed by atoms with Gasteiger partial charge in [-0.05, 0) is 41.7 Å². The van der Waals surface area contributed by atoms with E-state index in [4.69, 9.17) is 4.74 Å². The largest absolute Gasteiger partial charge is 0.496 e. The third-order valence-corrected chi connectivity index (χ3v) is 4.38. The van der Waals surface area contributed by atoms with Gasteiger partial charge in [0.1, 0.15) is 11.6 Å². The van der Waals surface area contributed by atoms with Gasteiger partial charge in [0, 0.05) is 18.4 Å². The first-order chi connectivity index (χ1) is 13.2. The molecule has 1 aromatic heterocycles. The van der Waals surface area contributed by atoms with Crippen LogP contribution in [0.5, 0.6) is 5.75 Å². The molecule has 0 spiro atoms. The molecule has 0 fully saturated rings. The summed E-state index contributed by atoms with van der Waals surface area (Å²) in [6.07, 6.45) is 2.62. The second kappa shape index (κ2) is 9.03. The van der Waals surface area contributed by atoms with Crippen LogP contribution in [0.1, 0.15) is 30.9 Å². The lowest BCUT2D eigenvalue weighted by atomic mass is 10.0. The molecule has 0 aliphatic rings. The molecule has 2 N–H and O–H groups in total. The summed E-state index contributed by atoms with van der Waals surface area (Å²) in [4.78, 5) is 8.92. The standard InChI is InChI=1S/C22H26N4O/c1-16(2)18-9-5-6-10-19(18)25-22-24-15-13-21(26-22)23-14-12-17-8-4-7-11-20(17)27-3/h4-11,13,15-16H,12,14H2,1-3H3,(H2,23,24,25,26). The number of methoxy groups -OCH3 is 1. The number of rotatable bonds is 8. The van der Waals surface area contributed by atoms with Gasteiger partial charge in [-0.1, -0.05) is 50.2 Å². The zero-order chi connectivity index (χ0) is 19.1. The van der Waals surface area contributed by atoms with Gasteiger partial charge in [-0.3, -0.25) is 0 Å². The smallest absolute Gasteiger partial charge is 0.229 e.